The Hall–Kier alpha value is -3.25. The van der Waals surface area contributed by atoms with Gasteiger partial charge in [-0.1, -0.05) is 30.3 Å². The molecular formula is C22H19N3O3. The van der Waals surface area contributed by atoms with Crippen molar-refractivity contribution in [3.05, 3.63) is 77.6 Å². The summed E-state index contributed by atoms with van der Waals surface area (Å²) in [5.41, 5.74) is 5.04. The zero-order valence-corrected chi connectivity index (χ0v) is 15.5. The second kappa shape index (κ2) is 6.73. The summed E-state index contributed by atoms with van der Waals surface area (Å²) in [7, 11) is 1.65. The zero-order chi connectivity index (χ0) is 19.1. The van der Waals surface area contributed by atoms with Crippen molar-refractivity contribution in [2.45, 2.75) is 25.4 Å². The van der Waals surface area contributed by atoms with E-state index in [9.17, 15) is 4.79 Å². The van der Waals surface area contributed by atoms with Gasteiger partial charge in [0.05, 0.1) is 35.4 Å². The maximum absolute atomic E-state index is 12.8. The number of hydrogen-bond acceptors (Lipinski definition) is 5. The van der Waals surface area contributed by atoms with Gasteiger partial charge in [-0.15, -0.1) is 0 Å². The number of nitrogens with zero attached hydrogens (tertiary/aromatic N) is 3. The minimum Gasteiger partial charge on any atom is -0.469 e. The molecule has 0 bridgehead atoms. The molecule has 0 fully saturated rings. The minimum atomic E-state index is 0.0100. The first-order chi connectivity index (χ1) is 13.8. The zero-order valence-electron chi connectivity index (χ0n) is 15.5. The summed E-state index contributed by atoms with van der Waals surface area (Å²) in [6.07, 6.45) is 4.44. The fraction of sp³-hybridized carbons (Fsp3) is 0.227. The van der Waals surface area contributed by atoms with Crippen molar-refractivity contribution in [3.8, 4) is 11.1 Å². The van der Waals surface area contributed by atoms with Crippen LogP contribution in [-0.2, 0) is 17.8 Å². The monoisotopic (exact) mass is 373 g/mol. The molecule has 5 rings (SSSR count). The SMILES string of the molecule is COCc1nn2c3c(cnc2c1-c1ccccc1)C(=O)C[C@H](c1ccco1)C3. The third-order valence-corrected chi connectivity index (χ3v) is 5.28. The normalized spacial score (nSPS) is 16.5. The Balaban J connectivity index is 1.71. The van der Waals surface area contributed by atoms with E-state index < -0.39 is 0 Å². The Kier molecular flexibility index (Phi) is 4.06. The van der Waals surface area contributed by atoms with Crippen LogP contribution < -0.4 is 0 Å². The summed E-state index contributed by atoms with van der Waals surface area (Å²) in [5.74, 6) is 0.912. The molecule has 3 aromatic heterocycles. The molecule has 1 atom stereocenters. The Labute approximate surface area is 161 Å². The molecule has 28 heavy (non-hydrogen) atoms. The molecule has 0 saturated heterocycles. The van der Waals surface area contributed by atoms with Gasteiger partial charge in [-0.3, -0.25) is 4.79 Å². The summed E-state index contributed by atoms with van der Waals surface area (Å²) in [5, 5.41) is 4.79. The quantitative estimate of drug-likeness (QED) is 0.540. The average Bonchev–Trinajstić information content (AvgIpc) is 3.37. The first kappa shape index (κ1) is 16.9. The number of methoxy groups -OCH3 is 1. The summed E-state index contributed by atoms with van der Waals surface area (Å²) in [6, 6.07) is 13.8. The van der Waals surface area contributed by atoms with E-state index in [0.29, 0.717) is 25.0 Å². The number of Topliss-reactive ketones (excluding diaryl/α,β-unsaturated/α-hetero) is 1. The number of hydrogen-bond donors (Lipinski definition) is 0. The van der Waals surface area contributed by atoms with Gasteiger partial charge < -0.3 is 9.15 Å². The molecule has 0 N–H and O–H groups in total. The maximum Gasteiger partial charge on any atom is 0.167 e. The van der Waals surface area contributed by atoms with Crippen molar-refractivity contribution < 1.29 is 13.9 Å². The van der Waals surface area contributed by atoms with Gasteiger partial charge >= 0.3 is 0 Å². The van der Waals surface area contributed by atoms with Crippen molar-refractivity contribution in [1.82, 2.24) is 14.6 Å². The van der Waals surface area contributed by atoms with E-state index >= 15 is 0 Å². The van der Waals surface area contributed by atoms with Crippen LogP contribution in [0.4, 0.5) is 0 Å². The molecule has 0 aliphatic heterocycles. The van der Waals surface area contributed by atoms with Gasteiger partial charge in [-0.05, 0) is 17.7 Å². The lowest BCUT2D eigenvalue weighted by atomic mass is 9.85. The molecule has 0 amide bonds. The smallest absolute Gasteiger partial charge is 0.167 e. The lowest BCUT2D eigenvalue weighted by Crippen LogP contribution is -2.22. The van der Waals surface area contributed by atoms with Crippen LogP contribution in [0.25, 0.3) is 16.8 Å². The average molecular weight is 373 g/mol. The summed E-state index contributed by atoms with van der Waals surface area (Å²) in [4.78, 5) is 17.4. The van der Waals surface area contributed by atoms with Crippen molar-refractivity contribution >= 4 is 11.4 Å². The molecule has 0 spiro atoms. The first-order valence-corrected chi connectivity index (χ1v) is 9.26. The maximum atomic E-state index is 12.8. The fourth-order valence-electron chi connectivity index (χ4n) is 4.01. The van der Waals surface area contributed by atoms with Crippen molar-refractivity contribution in [2.24, 2.45) is 0 Å². The van der Waals surface area contributed by atoms with Crippen LogP contribution in [0.15, 0.2) is 59.3 Å². The molecular weight excluding hydrogens is 354 g/mol. The number of rotatable bonds is 4. The first-order valence-electron chi connectivity index (χ1n) is 9.26. The Morgan fingerprint density at radius 2 is 2.04 bits per heavy atom. The van der Waals surface area contributed by atoms with Crippen LogP contribution >= 0.6 is 0 Å². The van der Waals surface area contributed by atoms with Crippen LogP contribution in [-0.4, -0.2) is 27.5 Å². The molecule has 0 radical (unpaired) electrons. The van der Waals surface area contributed by atoms with Gasteiger partial charge in [0.1, 0.15) is 5.76 Å². The molecule has 6 nitrogen and oxygen atoms in total. The molecule has 0 saturated carbocycles. The van der Waals surface area contributed by atoms with Gasteiger partial charge in [-0.25, -0.2) is 9.50 Å². The molecule has 4 aromatic rings. The van der Waals surface area contributed by atoms with E-state index in [4.69, 9.17) is 14.3 Å². The van der Waals surface area contributed by atoms with E-state index in [1.54, 1.807) is 19.6 Å². The number of ether oxygens (including phenoxy) is 1. The van der Waals surface area contributed by atoms with E-state index in [2.05, 4.69) is 4.98 Å². The minimum absolute atomic E-state index is 0.0100. The van der Waals surface area contributed by atoms with Gasteiger partial charge in [0.2, 0.25) is 0 Å². The predicted octanol–water partition coefficient (Wildman–Crippen LogP) is 4.05. The molecule has 1 aliphatic carbocycles. The van der Waals surface area contributed by atoms with Crippen molar-refractivity contribution in [1.29, 1.82) is 0 Å². The van der Waals surface area contributed by atoms with Crippen LogP contribution in [0.1, 0.15) is 39.8 Å². The number of fused-ring (bicyclic) bond motifs is 3. The molecule has 3 heterocycles. The Morgan fingerprint density at radius 3 is 2.79 bits per heavy atom. The van der Waals surface area contributed by atoms with Crippen molar-refractivity contribution in [3.63, 3.8) is 0 Å². The van der Waals surface area contributed by atoms with E-state index in [-0.39, 0.29) is 11.7 Å². The lowest BCUT2D eigenvalue weighted by molar-refractivity contribution is 0.0958. The van der Waals surface area contributed by atoms with Gasteiger partial charge in [0, 0.05) is 32.1 Å². The molecule has 1 aromatic carbocycles. The van der Waals surface area contributed by atoms with Crippen LogP contribution in [0.2, 0.25) is 0 Å². The number of carbonyl (C=O) groups excluding carboxylic acids is 1. The highest BCUT2D eigenvalue weighted by Crippen LogP contribution is 2.35. The Morgan fingerprint density at radius 1 is 1.18 bits per heavy atom. The molecule has 0 unspecified atom stereocenters. The third kappa shape index (κ3) is 2.65. The van der Waals surface area contributed by atoms with E-state index in [0.717, 1.165) is 33.9 Å². The summed E-state index contributed by atoms with van der Waals surface area (Å²) >= 11 is 0. The van der Waals surface area contributed by atoms with Crippen molar-refractivity contribution in [2.75, 3.05) is 7.11 Å². The number of furan rings is 1. The van der Waals surface area contributed by atoms with Gasteiger partial charge in [0.15, 0.2) is 11.4 Å². The van der Waals surface area contributed by atoms with Gasteiger partial charge in [0.25, 0.3) is 0 Å². The van der Waals surface area contributed by atoms with E-state index in [1.807, 2.05) is 47.0 Å². The number of ketones is 1. The molecule has 140 valence electrons. The van der Waals surface area contributed by atoms with Crippen LogP contribution in [0, 0.1) is 0 Å². The molecule has 6 heteroatoms. The second-order valence-electron chi connectivity index (χ2n) is 7.02. The number of benzene rings is 1. The third-order valence-electron chi connectivity index (χ3n) is 5.28. The summed E-state index contributed by atoms with van der Waals surface area (Å²) < 4.78 is 12.8. The highest BCUT2D eigenvalue weighted by molar-refractivity contribution is 5.99. The van der Waals surface area contributed by atoms with Crippen LogP contribution in [0.3, 0.4) is 0 Å². The highest BCUT2D eigenvalue weighted by atomic mass is 16.5. The standard InChI is InChI=1S/C22H19N3O3/c1-27-13-17-21(14-6-3-2-4-7-14)22-23-12-16-18(25(22)24-17)10-15(11-19(16)26)20-8-5-9-28-20/h2-9,12,15H,10-11,13H2,1H3/t15-/m1/s1. The molecule has 1 aliphatic rings. The topological polar surface area (TPSA) is 69.6 Å². The largest absolute Gasteiger partial charge is 0.469 e. The summed E-state index contributed by atoms with van der Waals surface area (Å²) in [6.45, 7) is 0.373. The van der Waals surface area contributed by atoms with Gasteiger partial charge in [-0.2, -0.15) is 5.10 Å². The van der Waals surface area contributed by atoms with E-state index in [1.165, 1.54) is 0 Å². The Bertz CT molecular complexity index is 1150. The number of carbonyl (C=O) groups is 1. The van der Waals surface area contributed by atoms with Crippen LogP contribution in [0.5, 0.6) is 0 Å². The number of aromatic nitrogens is 3. The predicted molar refractivity (Wildman–Crippen MR) is 103 cm³/mol. The highest BCUT2D eigenvalue weighted by Gasteiger charge is 2.31. The lowest BCUT2D eigenvalue weighted by Gasteiger charge is -2.22. The fourth-order valence-corrected chi connectivity index (χ4v) is 4.01. The second-order valence-corrected chi connectivity index (χ2v) is 7.02.